The predicted octanol–water partition coefficient (Wildman–Crippen LogP) is 5.73. The lowest BCUT2D eigenvalue weighted by Gasteiger charge is -2.45. The summed E-state index contributed by atoms with van der Waals surface area (Å²) in [5.41, 5.74) is 1.15. The van der Waals surface area contributed by atoms with Crippen molar-refractivity contribution in [2.24, 2.45) is 23.7 Å². The molecule has 0 bridgehead atoms. The van der Waals surface area contributed by atoms with Crippen LogP contribution in [0.15, 0.2) is 47.8 Å². The Kier molecular flexibility index (Phi) is 21.7. The molecule has 3 unspecified atom stereocenters. The van der Waals surface area contributed by atoms with Crippen LogP contribution in [-0.2, 0) is 28.5 Å². The Balaban J connectivity index is 1.15. The first-order chi connectivity index (χ1) is 33.5. The summed E-state index contributed by atoms with van der Waals surface area (Å²) in [5, 5.41) is 60.4. The molecule has 5 rings (SSSR count). The molecule has 0 aliphatic carbocycles. The monoisotopic (exact) mass is 1020 g/mol. The molecular weight excluding hydrogens is 936 g/mol. The molecule has 4 heterocycles. The van der Waals surface area contributed by atoms with Crippen molar-refractivity contribution in [1.29, 1.82) is 0 Å². The van der Waals surface area contributed by atoms with Crippen LogP contribution in [0.4, 0.5) is 10.2 Å². The van der Waals surface area contributed by atoms with Gasteiger partial charge in [0.1, 0.15) is 42.7 Å². The molecule has 2 fully saturated rings. The van der Waals surface area contributed by atoms with Crippen molar-refractivity contribution in [3.8, 4) is 22.5 Å². The van der Waals surface area contributed by atoms with Crippen LogP contribution in [0.5, 0.6) is 0 Å². The highest BCUT2D eigenvalue weighted by Gasteiger charge is 2.45. The predicted molar refractivity (Wildman–Crippen MR) is 271 cm³/mol. The Bertz CT molecular complexity index is 2140. The Hall–Kier alpha value is -3.76. The number of hydrogen-bond donors (Lipinski definition) is 7. The normalized spacial score (nSPS) is 31.5. The van der Waals surface area contributed by atoms with Gasteiger partial charge in [-0.1, -0.05) is 39.5 Å². The molecule has 3 aromatic rings. The van der Waals surface area contributed by atoms with Crippen LogP contribution in [0.2, 0.25) is 0 Å². The Morgan fingerprint density at radius 2 is 1.79 bits per heavy atom. The van der Waals surface area contributed by atoms with Crippen molar-refractivity contribution >= 4 is 29.5 Å². The Morgan fingerprint density at radius 3 is 2.48 bits per heavy atom. The van der Waals surface area contributed by atoms with Gasteiger partial charge < -0.3 is 64.6 Å². The van der Waals surface area contributed by atoms with Gasteiger partial charge in [0.05, 0.1) is 41.7 Å². The summed E-state index contributed by atoms with van der Waals surface area (Å²) >= 11 is 1.27. The average molecular weight is 1020 g/mol. The minimum Gasteiger partial charge on any atom is -0.463 e. The molecule has 15 atom stereocenters. The minimum absolute atomic E-state index is 0.0830. The van der Waals surface area contributed by atoms with Crippen molar-refractivity contribution in [2.45, 2.75) is 166 Å². The number of H-pyrrole nitrogens is 1. The number of rotatable bonds is 17. The fourth-order valence-electron chi connectivity index (χ4n) is 9.58. The molecule has 398 valence electrons. The zero-order valence-corrected chi connectivity index (χ0v) is 44.3. The first-order valence-corrected chi connectivity index (χ1v) is 26.2. The molecule has 0 radical (unpaired) electrons. The third-order valence-corrected chi connectivity index (χ3v) is 15.3. The van der Waals surface area contributed by atoms with Crippen LogP contribution in [0, 0.1) is 29.5 Å². The van der Waals surface area contributed by atoms with Gasteiger partial charge in [-0.3, -0.25) is 9.59 Å². The number of aliphatic hydroxyl groups excluding tert-OH is 4. The highest BCUT2D eigenvalue weighted by Crippen LogP contribution is 2.36. The third kappa shape index (κ3) is 16.1. The van der Waals surface area contributed by atoms with Gasteiger partial charge in [0.25, 0.3) is 0 Å². The van der Waals surface area contributed by atoms with E-state index in [4.69, 9.17) is 23.9 Å². The molecular formula is C52H81FN6O11S. The summed E-state index contributed by atoms with van der Waals surface area (Å²) in [7, 11) is 3.74. The van der Waals surface area contributed by atoms with E-state index >= 15 is 0 Å². The summed E-state index contributed by atoms with van der Waals surface area (Å²) in [6, 6.07) is 9.25. The first kappa shape index (κ1) is 58.1. The third-order valence-electron chi connectivity index (χ3n) is 14.2. The number of ether oxygens (including phenoxy) is 4. The topological polar surface area (TPSA) is 232 Å². The lowest BCUT2D eigenvalue weighted by molar-refractivity contribution is -0.283. The molecule has 0 amide bonds. The van der Waals surface area contributed by atoms with Gasteiger partial charge >= 0.3 is 11.9 Å². The first-order valence-electron chi connectivity index (χ1n) is 25.2. The fraction of sp³-hybridized carbons (Fsp3) is 0.692. The summed E-state index contributed by atoms with van der Waals surface area (Å²) in [6.07, 6.45) is -2.25. The molecule has 1 aromatic carbocycles. The van der Waals surface area contributed by atoms with Gasteiger partial charge in [-0.15, -0.1) is 0 Å². The van der Waals surface area contributed by atoms with Crippen LogP contribution in [-0.4, -0.2) is 175 Å². The van der Waals surface area contributed by atoms with Crippen LogP contribution in [0.3, 0.4) is 0 Å². The number of imidazole rings is 1. The van der Waals surface area contributed by atoms with Crippen LogP contribution >= 0.6 is 11.8 Å². The second-order valence-corrected chi connectivity index (χ2v) is 21.7. The van der Waals surface area contributed by atoms with E-state index in [0.717, 1.165) is 12.0 Å². The second kappa shape index (κ2) is 26.5. The molecule has 2 aliphatic rings. The molecule has 7 N–H and O–H groups in total. The number of cyclic esters (lactones) is 1. The number of aromatic amines is 1. The SMILES string of the molecule is CCC(C)Nc1cc(-c2[nH]c(SCC(O)COC(=O)CCCN(C)C3C[C@@H](C)O[C@@H](O[C@@H]4[C@@H](C)[C@H](O)[C@@H](C)C(=O)OC[C@@](C)(O)[C@H](O)[C@@H](C)N(C)C[C@H](C)C[C@H]4C)[C@@H]3O)nc2-c2ccc(F)cc2)ccn1. The van der Waals surface area contributed by atoms with E-state index in [1.165, 1.54) is 30.8 Å². The van der Waals surface area contributed by atoms with Gasteiger partial charge in [0, 0.05) is 60.1 Å². The summed E-state index contributed by atoms with van der Waals surface area (Å²) < 4.78 is 37.7. The van der Waals surface area contributed by atoms with Crippen LogP contribution in [0.25, 0.3) is 22.5 Å². The number of nitrogens with zero attached hydrogens (tertiary/aromatic N) is 4. The van der Waals surface area contributed by atoms with Crippen molar-refractivity contribution in [3.63, 3.8) is 0 Å². The second-order valence-electron chi connectivity index (χ2n) is 20.6. The maximum Gasteiger partial charge on any atom is 0.311 e. The van der Waals surface area contributed by atoms with Crippen molar-refractivity contribution in [3.05, 3.63) is 48.4 Å². The van der Waals surface area contributed by atoms with Gasteiger partial charge in [0.15, 0.2) is 11.4 Å². The smallest absolute Gasteiger partial charge is 0.311 e. The lowest BCUT2D eigenvalue weighted by Crippen LogP contribution is -2.57. The van der Waals surface area contributed by atoms with E-state index in [9.17, 15) is 39.5 Å². The van der Waals surface area contributed by atoms with E-state index in [1.54, 1.807) is 32.2 Å². The fourth-order valence-corrected chi connectivity index (χ4v) is 10.4. The zero-order chi connectivity index (χ0) is 52.3. The van der Waals surface area contributed by atoms with E-state index in [0.29, 0.717) is 60.3 Å². The number of aliphatic hydroxyl groups is 5. The number of carbonyl (C=O) groups excluding carboxylic acids is 2. The largest absolute Gasteiger partial charge is 0.463 e. The number of likely N-dealkylation sites (N-methyl/N-ethyl adjacent to an activating group) is 2. The number of esters is 2. The molecule has 0 saturated carbocycles. The number of benzene rings is 1. The molecule has 2 aromatic heterocycles. The standard InChI is InChI=1S/C52H81FN6O11S/c1-12-31(4)55-41-24-37(19-20-54-41)44-43(36-15-17-38(53)18-16-36)56-51(57-44)71-27-39(60)26-67-42(61)14-13-21-58(10)40-23-32(5)69-50(46(40)63)70-47-30(3)22-29(2)25-59(11)35(8)48(64)52(9,66)28-68-49(65)34(7)45(62)33(47)6/h15-20,24,29-35,39-40,45-48,50,60,62-64,66H,12-14,21-23,25-28H2,1-11H3,(H,54,55)(H,56,57)/t29-,30-,31?,32-,33+,34-,35-,39?,40?,45+,46-,47+,48-,50+,52-/m1/s1. The van der Waals surface area contributed by atoms with E-state index < -0.39 is 84.9 Å². The van der Waals surface area contributed by atoms with E-state index in [2.05, 4.69) is 36.1 Å². The number of pyridine rings is 1. The molecule has 71 heavy (non-hydrogen) atoms. The quantitative estimate of drug-likeness (QED) is 0.0632. The van der Waals surface area contributed by atoms with E-state index in [-0.39, 0.29) is 48.6 Å². The Labute approximate surface area is 423 Å². The number of thioether (sulfide) groups is 1. The number of anilines is 1. The number of nitrogens with one attached hydrogen (secondary N) is 2. The minimum atomic E-state index is -1.73. The molecule has 19 heteroatoms. The van der Waals surface area contributed by atoms with Crippen molar-refractivity contribution in [2.75, 3.05) is 51.5 Å². The maximum atomic E-state index is 13.9. The molecule has 17 nitrogen and oxygen atoms in total. The van der Waals surface area contributed by atoms with Crippen LogP contribution in [0.1, 0.15) is 94.4 Å². The zero-order valence-electron chi connectivity index (χ0n) is 43.5. The van der Waals surface area contributed by atoms with Crippen molar-refractivity contribution < 1.29 is 58.5 Å². The number of aromatic nitrogens is 3. The number of carbonyl (C=O) groups is 2. The lowest BCUT2D eigenvalue weighted by atomic mass is 9.80. The number of hydrogen-bond acceptors (Lipinski definition) is 17. The average Bonchev–Trinajstić information content (AvgIpc) is 3.77. The molecule has 0 spiro atoms. The Morgan fingerprint density at radius 1 is 1.08 bits per heavy atom. The van der Waals surface area contributed by atoms with E-state index in [1.807, 2.05) is 56.8 Å². The summed E-state index contributed by atoms with van der Waals surface area (Å²) in [6.45, 7) is 17.1. The molecule has 2 saturated heterocycles. The number of halogens is 1. The highest BCUT2D eigenvalue weighted by molar-refractivity contribution is 7.99. The highest BCUT2D eigenvalue weighted by atomic mass is 32.2. The van der Waals surface area contributed by atoms with Gasteiger partial charge in [-0.2, -0.15) is 0 Å². The van der Waals surface area contributed by atoms with Gasteiger partial charge in [-0.25, -0.2) is 14.4 Å². The maximum absolute atomic E-state index is 13.9. The summed E-state index contributed by atoms with van der Waals surface area (Å²) in [4.78, 5) is 42.7. The van der Waals surface area contributed by atoms with Gasteiger partial charge in [0.2, 0.25) is 0 Å². The molecule has 2 aliphatic heterocycles. The van der Waals surface area contributed by atoms with Gasteiger partial charge in [-0.05, 0) is 129 Å². The van der Waals surface area contributed by atoms with Crippen LogP contribution < -0.4 is 5.32 Å². The summed E-state index contributed by atoms with van der Waals surface area (Å²) in [5.74, 6) is -2.34. The van der Waals surface area contributed by atoms with Crippen molar-refractivity contribution in [1.82, 2.24) is 24.8 Å².